The van der Waals surface area contributed by atoms with E-state index in [1.165, 1.54) is 0 Å². The van der Waals surface area contributed by atoms with Gasteiger partial charge >= 0.3 is 0 Å². The molecule has 0 heterocycles. The highest BCUT2D eigenvalue weighted by molar-refractivity contribution is 9.08. The van der Waals surface area contributed by atoms with Gasteiger partial charge in [0.05, 0.1) is 0 Å². The predicted octanol–water partition coefficient (Wildman–Crippen LogP) is 1.34. The summed E-state index contributed by atoms with van der Waals surface area (Å²) in [5.41, 5.74) is 0. The SMILES string of the molecule is CBr.N.N. The summed E-state index contributed by atoms with van der Waals surface area (Å²) in [5.74, 6) is 1.81. The van der Waals surface area contributed by atoms with Gasteiger partial charge in [-0.3, -0.25) is 0 Å². The van der Waals surface area contributed by atoms with Crippen molar-refractivity contribution >= 4 is 15.9 Å². The van der Waals surface area contributed by atoms with E-state index >= 15 is 0 Å². The minimum Gasteiger partial charge on any atom is -0.344 e. The predicted molar refractivity (Wildman–Crippen MR) is 24.9 cm³/mol. The summed E-state index contributed by atoms with van der Waals surface area (Å²) in [6, 6.07) is 0. The summed E-state index contributed by atoms with van der Waals surface area (Å²) < 4.78 is 0. The molecule has 0 aliphatic carbocycles. The van der Waals surface area contributed by atoms with Crippen molar-refractivity contribution in [3.63, 3.8) is 0 Å². The second-order valence-electron chi connectivity index (χ2n) is 0. The van der Waals surface area contributed by atoms with Gasteiger partial charge in [0.1, 0.15) is 0 Å². The Morgan fingerprint density at radius 2 is 1.00 bits per heavy atom. The van der Waals surface area contributed by atoms with Gasteiger partial charge < -0.3 is 12.3 Å². The van der Waals surface area contributed by atoms with Crippen molar-refractivity contribution in [1.82, 2.24) is 12.3 Å². The van der Waals surface area contributed by atoms with E-state index < -0.39 is 0 Å². The third-order valence-corrected chi connectivity index (χ3v) is 0. The van der Waals surface area contributed by atoms with Crippen LogP contribution < -0.4 is 12.3 Å². The minimum atomic E-state index is 0. The topological polar surface area (TPSA) is 70.0 Å². The maximum absolute atomic E-state index is 2.94. The smallest absolute Gasteiger partial charge is 0.00848 e. The minimum absolute atomic E-state index is 0. The third-order valence-electron chi connectivity index (χ3n) is 0. The summed E-state index contributed by atoms with van der Waals surface area (Å²) in [4.78, 5) is 0. The van der Waals surface area contributed by atoms with E-state index in [9.17, 15) is 0 Å². The monoisotopic (exact) mass is 128 g/mol. The molecule has 4 heavy (non-hydrogen) atoms. The molecule has 30 valence electrons. The van der Waals surface area contributed by atoms with Gasteiger partial charge in [-0.2, -0.15) is 0 Å². The van der Waals surface area contributed by atoms with Crippen molar-refractivity contribution in [3.8, 4) is 0 Å². The van der Waals surface area contributed by atoms with Gasteiger partial charge in [-0.05, 0) is 5.83 Å². The standard InChI is InChI=1S/CH3Br.2H3N/c1-2;;/h1H3;2*1H3. The van der Waals surface area contributed by atoms with E-state index in [4.69, 9.17) is 0 Å². The van der Waals surface area contributed by atoms with Gasteiger partial charge in [0.15, 0.2) is 0 Å². The highest BCUT2D eigenvalue weighted by atomic mass is 79.9. The largest absolute Gasteiger partial charge is 0.344 e. The average Bonchev–Trinajstić information content (AvgIpc) is 1.00. The maximum atomic E-state index is 2.94. The Labute approximate surface area is 34.9 Å². The van der Waals surface area contributed by atoms with Crippen LogP contribution in [0.2, 0.25) is 0 Å². The van der Waals surface area contributed by atoms with E-state index in [1.54, 1.807) is 0 Å². The van der Waals surface area contributed by atoms with Crippen LogP contribution in [0.4, 0.5) is 0 Å². The van der Waals surface area contributed by atoms with Gasteiger partial charge in [-0.15, -0.1) is 0 Å². The normalized spacial score (nSPS) is 1.50. The van der Waals surface area contributed by atoms with E-state index in [1.807, 2.05) is 5.83 Å². The molecule has 0 aliphatic heterocycles. The molecular formula is CH9BrN2. The first-order valence-corrected chi connectivity index (χ1v) is 1.96. The molecular weight excluding hydrogens is 120 g/mol. The Morgan fingerprint density at radius 1 is 1.00 bits per heavy atom. The lowest BCUT2D eigenvalue weighted by Crippen LogP contribution is -0.808. The molecule has 0 radical (unpaired) electrons. The molecule has 0 atom stereocenters. The van der Waals surface area contributed by atoms with Crippen LogP contribution >= 0.6 is 15.9 Å². The van der Waals surface area contributed by atoms with Gasteiger partial charge in [0.2, 0.25) is 0 Å². The number of hydrogen-bond acceptors (Lipinski definition) is 2. The van der Waals surface area contributed by atoms with Crippen molar-refractivity contribution in [2.45, 2.75) is 0 Å². The summed E-state index contributed by atoms with van der Waals surface area (Å²) in [7, 11) is 0. The van der Waals surface area contributed by atoms with Gasteiger partial charge in [0.25, 0.3) is 0 Å². The molecule has 0 aliphatic rings. The van der Waals surface area contributed by atoms with Crippen LogP contribution in [-0.2, 0) is 0 Å². The van der Waals surface area contributed by atoms with Crippen LogP contribution in [0.25, 0.3) is 0 Å². The van der Waals surface area contributed by atoms with Crippen molar-refractivity contribution < 1.29 is 0 Å². The van der Waals surface area contributed by atoms with E-state index in [2.05, 4.69) is 15.9 Å². The number of rotatable bonds is 0. The average molecular weight is 129 g/mol. The van der Waals surface area contributed by atoms with Crippen molar-refractivity contribution in [2.75, 3.05) is 5.83 Å². The van der Waals surface area contributed by atoms with Crippen LogP contribution in [0, 0.1) is 0 Å². The molecule has 0 fully saturated rings. The Kier molecular flexibility index (Phi) is 794. The molecule has 0 aromatic rings. The molecule has 0 amide bonds. The number of halogens is 1. The zero-order chi connectivity index (χ0) is 2.00. The molecule has 3 heteroatoms. The Balaban J connectivity index is -0.00000000500. The summed E-state index contributed by atoms with van der Waals surface area (Å²) in [6.07, 6.45) is 0. The lowest BCUT2D eigenvalue weighted by Gasteiger charge is -1.05. The summed E-state index contributed by atoms with van der Waals surface area (Å²) in [5, 5.41) is 0. The zero-order valence-electron chi connectivity index (χ0n) is 2.79. The van der Waals surface area contributed by atoms with E-state index in [-0.39, 0.29) is 12.3 Å². The Hall–Kier alpha value is 0.400. The second kappa shape index (κ2) is 122. The summed E-state index contributed by atoms with van der Waals surface area (Å²) in [6.45, 7) is 0. The lowest BCUT2D eigenvalue weighted by atomic mass is 12.0. The molecule has 0 saturated carbocycles. The Morgan fingerprint density at radius 3 is 1.00 bits per heavy atom. The first-order chi connectivity index (χ1) is 1.00. The van der Waals surface area contributed by atoms with Gasteiger partial charge in [-0.25, -0.2) is 0 Å². The maximum Gasteiger partial charge on any atom is -0.00848 e. The molecule has 0 spiro atoms. The fraction of sp³-hybridized carbons (Fsp3) is 1.00. The zero-order valence-corrected chi connectivity index (χ0v) is 4.38. The van der Waals surface area contributed by atoms with Crippen molar-refractivity contribution in [3.05, 3.63) is 0 Å². The fourth-order valence-corrected chi connectivity index (χ4v) is 0. The van der Waals surface area contributed by atoms with Crippen LogP contribution in [-0.4, -0.2) is 5.83 Å². The first kappa shape index (κ1) is 26.0. The van der Waals surface area contributed by atoms with Gasteiger partial charge in [0, 0.05) is 0 Å². The van der Waals surface area contributed by atoms with Crippen LogP contribution in [0.15, 0.2) is 0 Å². The van der Waals surface area contributed by atoms with Crippen LogP contribution in [0.1, 0.15) is 0 Å². The molecule has 0 bridgehead atoms. The van der Waals surface area contributed by atoms with E-state index in [0.29, 0.717) is 0 Å². The number of hydrogen-bond donors (Lipinski definition) is 2. The molecule has 0 aromatic heterocycles. The lowest BCUT2D eigenvalue weighted by molar-refractivity contribution is 2.13. The highest BCUT2D eigenvalue weighted by Gasteiger charge is 0.948. The summed E-state index contributed by atoms with van der Waals surface area (Å²) >= 11 is 2.94. The van der Waals surface area contributed by atoms with E-state index in [0.717, 1.165) is 0 Å². The molecule has 2 nitrogen and oxygen atoms in total. The van der Waals surface area contributed by atoms with Crippen molar-refractivity contribution in [2.24, 2.45) is 0 Å². The third kappa shape index (κ3) is 29.4. The van der Waals surface area contributed by atoms with Crippen molar-refractivity contribution in [1.29, 1.82) is 0 Å². The highest BCUT2D eigenvalue weighted by Crippen LogP contribution is 1.45. The molecule has 0 saturated heterocycles. The Bertz CT molecular complexity index is 6.00. The molecule has 0 aromatic carbocycles. The second-order valence-corrected chi connectivity index (χ2v) is 0. The van der Waals surface area contributed by atoms with Crippen LogP contribution in [0.5, 0.6) is 0 Å². The first-order valence-electron chi connectivity index (χ1n) is 0.378. The fourth-order valence-electron chi connectivity index (χ4n) is 0. The quantitative estimate of drug-likeness (QED) is 0.484. The molecule has 6 N–H and O–H groups in total. The number of alkyl halides is 1. The molecule has 0 rings (SSSR count). The van der Waals surface area contributed by atoms with Gasteiger partial charge in [-0.1, -0.05) is 15.9 Å². The van der Waals surface area contributed by atoms with Crippen LogP contribution in [0.3, 0.4) is 0 Å². The molecule has 0 unspecified atom stereocenters.